The number of nitrogens with zero attached hydrogens (tertiary/aromatic N) is 2. The maximum Gasteiger partial charge on any atom is 0.209 e. The molecule has 5 nitrogen and oxygen atoms in total. The Morgan fingerprint density at radius 1 is 1.50 bits per heavy atom. The lowest BCUT2D eigenvalue weighted by Crippen LogP contribution is -2.41. The van der Waals surface area contributed by atoms with Crippen LogP contribution in [0.5, 0.6) is 0 Å². The van der Waals surface area contributed by atoms with Crippen molar-refractivity contribution < 1.29 is 8.42 Å². The highest BCUT2D eigenvalue weighted by molar-refractivity contribution is 7.88. The van der Waals surface area contributed by atoms with Crippen molar-refractivity contribution in [3.8, 4) is 0 Å². The molecule has 0 aliphatic carbocycles. The second-order valence-corrected chi connectivity index (χ2v) is 7.78. The van der Waals surface area contributed by atoms with Gasteiger partial charge in [0, 0.05) is 30.7 Å². The smallest absolute Gasteiger partial charge is 0.209 e. The van der Waals surface area contributed by atoms with Gasteiger partial charge in [-0.3, -0.25) is 0 Å². The molecule has 18 heavy (non-hydrogen) atoms. The molecule has 0 radical (unpaired) electrons. The summed E-state index contributed by atoms with van der Waals surface area (Å²) in [5.74, 6) is 0.762. The Labute approximate surface area is 112 Å². The van der Waals surface area contributed by atoms with Crippen LogP contribution in [0, 0.1) is 11.8 Å². The Kier molecular flexibility index (Phi) is 3.93. The molecule has 0 saturated carbocycles. The molecular weight excluding hydrogens is 270 g/mol. The predicted molar refractivity (Wildman–Crippen MR) is 74.4 cm³/mol. The van der Waals surface area contributed by atoms with Crippen LogP contribution in [0.4, 0.5) is 5.13 Å². The highest BCUT2D eigenvalue weighted by Crippen LogP contribution is 2.30. The second-order valence-electron chi connectivity index (χ2n) is 5.12. The van der Waals surface area contributed by atoms with E-state index in [2.05, 4.69) is 28.5 Å². The minimum atomic E-state index is -3.16. The maximum absolute atomic E-state index is 11.4. The highest BCUT2D eigenvalue weighted by atomic mass is 32.2. The molecule has 102 valence electrons. The minimum absolute atomic E-state index is 0.0242. The van der Waals surface area contributed by atoms with Gasteiger partial charge in [0.1, 0.15) is 0 Å². The first kappa shape index (κ1) is 13.8. The van der Waals surface area contributed by atoms with Crippen molar-refractivity contribution in [2.45, 2.75) is 19.9 Å². The molecular formula is C11H19N3O2S2. The van der Waals surface area contributed by atoms with Gasteiger partial charge in [0.15, 0.2) is 5.13 Å². The SMILES string of the molecule is CC(C)[C@@H]1CN(c2nccs2)C[C@H]1NS(C)(=O)=O. The van der Waals surface area contributed by atoms with E-state index in [-0.39, 0.29) is 6.04 Å². The van der Waals surface area contributed by atoms with Crippen LogP contribution in [0.25, 0.3) is 0 Å². The summed E-state index contributed by atoms with van der Waals surface area (Å²) < 4.78 is 25.6. The fourth-order valence-corrected chi connectivity index (χ4v) is 3.89. The lowest BCUT2D eigenvalue weighted by molar-refractivity contribution is 0.365. The van der Waals surface area contributed by atoms with Crippen molar-refractivity contribution in [3.63, 3.8) is 0 Å². The number of hydrogen-bond donors (Lipinski definition) is 1. The molecule has 1 aliphatic rings. The highest BCUT2D eigenvalue weighted by Gasteiger charge is 2.36. The van der Waals surface area contributed by atoms with Crippen molar-refractivity contribution in [1.29, 1.82) is 0 Å². The Hall–Kier alpha value is -0.660. The van der Waals surface area contributed by atoms with Gasteiger partial charge in [-0.1, -0.05) is 13.8 Å². The van der Waals surface area contributed by atoms with Gasteiger partial charge in [-0.05, 0) is 11.8 Å². The van der Waals surface area contributed by atoms with Crippen molar-refractivity contribution in [3.05, 3.63) is 11.6 Å². The normalized spacial score (nSPS) is 25.0. The van der Waals surface area contributed by atoms with Gasteiger partial charge in [0.25, 0.3) is 0 Å². The average molecular weight is 289 g/mol. The summed E-state index contributed by atoms with van der Waals surface area (Å²) in [5, 5.41) is 2.91. The zero-order valence-electron chi connectivity index (χ0n) is 10.8. The Balaban J connectivity index is 2.14. The van der Waals surface area contributed by atoms with Gasteiger partial charge in [0.05, 0.1) is 6.26 Å². The zero-order valence-corrected chi connectivity index (χ0v) is 12.5. The maximum atomic E-state index is 11.4. The summed E-state index contributed by atoms with van der Waals surface area (Å²) in [6.07, 6.45) is 3.00. The summed E-state index contributed by atoms with van der Waals surface area (Å²) in [6, 6.07) is -0.0242. The van der Waals surface area contributed by atoms with E-state index in [1.807, 2.05) is 5.38 Å². The molecule has 1 fully saturated rings. The Morgan fingerprint density at radius 2 is 2.22 bits per heavy atom. The van der Waals surface area contributed by atoms with Gasteiger partial charge in [-0.2, -0.15) is 0 Å². The monoisotopic (exact) mass is 289 g/mol. The molecule has 7 heteroatoms. The van der Waals surface area contributed by atoms with Crippen LogP contribution in [0.1, 0.15) is 13.8 Å². The number of sulfonamides is 1. The van der Waals surface area contributed by atoms with Crippen LogP contribution in [-0.2, 0) is 10.0 Å². The summed E-state index contributed by atoms with van der Waals surface area (Å²) in [6.45, 7) is 5.82. The number of thiazole rings is 1. The van der Waals surface area contributed by atoms with E-state index >= 15 is 0 Å². The summed E-state index contributed by atoms with van der Waals surface area (Å²) >= 11 is 1.59. The van der Waals surface area contributed by atoms with Crippen LogP contribution in [0.15, 0.2) is 11.6 Å². The van der Waals surface area contributed by atoms with Crippen LogP contribution in [0.2, 0.25) is 0 Å². The molecule has 1 aromatic rings. The van der Waals surface area contributed by atoms with Gasteiger partial charge in [0.2, 0.25) is 10.0 Å². The quantitative estimate of drug-likeness (QED) is 0.903. The van der Waals surface area contributed by atoms with E-state index in [1.54, 1.807) is 17.5 Å². The number of anilines is 1. The molecule has 0 amide bonds. The van der Waals surface area contributed by atoms with Gasteiger partial charge in [-0.25, -0.2) is 18.1 Å². The summed E-state index contributed by atoms with van der Waals surface area (Å²) in [5.41, 5.74) is 0. The average Bonchev–Trinajstić information content (AvgIpc) is 2.81. The van der Waals surface area contributed by atoms with Gasteiger partial charge in [-0.15, -0.1) is 11.3 Å². The van der Waals surface area contributed by atoms with Crippen molar-refractivity contribution in [1.82, 2.24) is 9.71 Å². The Morgan fingerprint density at radius 3 is 2.72 bits per heavy atom. The van der Waals surface area contributed by atoms with E-state index in [4.69, 9.17) is 0 Å². The number of aromatic nitrogens is 1. The predicted octanol–water partition coefficient (Wildman–Crippen LogP) is 1.15. The van der Waals surface area contributed by atoms with E-state index in [0.29, 0.717) is 18.4 Å². The standard InChI is InChI=1S/C11H19N3O2S2/c1-8(2)9-6-14(11-12-4-5-17-11)7-10(9)13-18(3,15)16/h4-5,8-10,13H,6-7H2,1-3H3/t9-,10+/m0/s1. The van der Waals surface area contributed by atoms with Crippen LogP contribution in [-0.4, -0.2) is 38.8 Å². The van der Waals surface area contributed by atoms with Crippen molar-refractivity contribution >= 4 is 26.5 Å². The molecule has 1 N–H and O–H groups in total. The van der Waals surface area contributed by atoms with E-state index in [0.717, 1.165) is 11.7 Å². The topological polar surface area (TPSA) is 62.3 Å². The fourth-order valence-electron chi connectivity index (χ4n) is 2.43. The molecule has 1 aliphatic heterocycles. The third-order valence-corrected chi connectivity index (χ3v) is 4.84. The lowest BCUT2D eigenvalue weighted by atomic mass is 9.92. The van der Waals surface area contributed by atoms with Crippen molar-refractivity contribution in [2.75, 3.05) is 24.2 Å². The summed E-state index contributed by atoms with van der Waals surface area (Å²) in [4.78, 5) is 6.46. The van der Waals surface area contributed by atoms with Gasteiger partial charge >= 0.3 is 0 Å². The number of rotatable bonds is 4. The van der Waals surface area contributed by atoms with Crippen LogP contribution in [0.3, 0.4) is 0 Å². The second kappa shape index (κ2) is 5.14. The largest absolute Gasteiger partial charge is 0.346 e. The third kappa shape index (κ3) is 3.21. The molecule has 0 spiro atoms. The third-order valence-electron chi connectivity index (χ3n) is 3.28. The zero-order chi connectivity index (χ0) is 13.3. The molecule has 2 rings (SSSR count). The molecule has 0 bridgehead atoms. The molecule has 1 saturated heterocycles. The molecule has 1 aromatic heterocycles. The van der Waals surface area contributed by atoms with Crippen molar-refractivity contribution in [2.24, 2.45) is 11.8 Å². The van der Waals surface area contributed by atoms with E-state index in [9.17, 15) is 8.42 Å². The first-order valence-electron chi connectivity index (χ1n) is 5.98. The number of nitrogens with one attached hydrogen (secondary N) is 1. The lowest BCUT2D eigenvalue weighted by Gasteiger charge is -2.21. The van der Waals surface area contributed by atoms with Gasteiger partial charge < -0.3 is 4.90 Å². The van der Waals surface area contributed by atoms with Crippen LogP contribution >= 0.6 is 11.3 Å². The molecule has 2 atom stereocenters. The van der Waals surface area contributed by atoms with E-state index in [1.165, 1.54) is 6.26 Å². The fraction of sp³-hybridized carbons (Fsp3) is 0.727. The molecule has 2 heterocycles. The molecule has 0 aromatic carbocycles. The van der Waals surface area contributed by atoms with E-state index < -0.39 is 10.0 Å². The first-order valence-corrected chi connectivity index (χ1v) is 8.75. The Bertz CT molecular complexity index is 484. The van der Waals surface area contributed by atoms with Crippen LogP contribution < -0.4 is 9.62 Å². The number of hydrogen-bond acceptors (Lipinski definition) is 5. The molecule has 0 unspecified atom stereocenters. The minimum Gasteiger partial charge on any atom is -0.346 e. The summed E-state index contributed by atoms with van der Waals surface area (Å²) in [7, 11) is -3.16. The first-order chi connectivity index (χ1) is 8.37.